The van der Waals surface area contributed by atoms with Crippen molar-refractivity contribution in [1.82, 2.24) is 0 Å². The summed E-state index contributed by atoms with van der Waals surface area (Å²) in [7, 11) is 1.58. The van der Waals surface area contributed by atoms with Crippen LogP contribution in [0.25, 0.3) is 0 Å². The zero-order chi connectivity index (χ0) is 12.1. The van der Waals surface area contributed by atoms with Gasteiger partial charge in [0.05, 0.1) is 12.7 Å². The van der Waals surface area contributed by atoms with Gasteiger partial charge in [-0.2, -0.15) is 0 Å². The van der Waals surface area contributed by atoms with E-state index in [-0.39, 0.29) is 5.78 Å². The zero-order valence-electron chi connectivity index (χ0n) is 10.3. The SMILES string of the molecule is CCC(=O)c1cc(NC(C)C)ccc1OC. The van der Waals surface area contributed by atoms with E-state index in [4.69, 9.17) is 4.74 Å². The average Bonchev–Trinajstić information content (AvgIpc) is 2.27. The monoisotopic (exact) mass is 221 g/mol. The Morgan fingerprint density at radius 1 is 1.44 bits per heavy atom. The number of benzene rings is 1. The summed E-state index contributed by atoms with van der Waals surface area (Å²) < 4.78 is 5.18. The third-order valence-corrected chi connectivity index (χ3v) is 2.28. The molecule has 0 amide bonds. The number of Topliss-reactive ketones (excluding diaryl/α,β-unsaturated/α-hetero) is 1. The molecule has 0 saturated heterocycles. The largest absolute Gasteiger partial charge is 0.496 e. The standard InChI is InChI=1S/C13H19NO2/c1-5-12(15)11-8-10(14-9(2)3)6-7-13(11)16-4/h6-9,14H,5H2,1-4H3. The predicted octanol–water partition coefficient (Wildman–Crippen LogP) is 3.11. The van der Waals surface area contributed by atoms with Crippen LogP contribution in [0.2, 0.25) is 0 Å². The van der Waals surface area contributed by atoms with Crippen LogP contribution < -0.4 is 10.1 Å². The van der Waals surface area contributed by atoms with Crippen molar-refractivity contribution in [3.63, 3.8) is 0 Å². The van der Waals surface area contributed by atoms with Gasteiger partial charge in [0.1, 0.15) is 5.75 Å². The van der Waals surface area contributed by atoms with Crippen LogP contribution in [0, 0.1) is 0 Å². The first-order valence-corrected chi connectivity index (χ1v) is 5.56. The van der Waals surface area contributed by atoms with Crippen molar-refractivity contribution in [2.75, 3.05) is 12.4 Å². The molecule has 0 aromatic heterocycles. The second-order valence-electron chi connectivity index (χ2n) is 3.99. The smallest absolute Gasteiger partial charge is 0.166 e. The van der Waals surface area contributed by atoms with Crippen molar-refractivity contribution in [3.8, 4) is 5.75 Å². The first-order valence-electron chi connectivity index (χ1n) is 5.56. The van der Waals surface area contributed by atoms with E-state index in [1.165, 1.54) is 0 Å². The fraction of sp³-hybridized carbons (Fsp3) is 0.462. The molecule has 0 spiro atoms. The molecule has 0 aliphatic heterocycles. The molecule has 88 valence electrons. The minimum atomic E-state index is 0.101. The van der Waals surface area contributed by atoms with E-state index >= 15 is 0 Å². The number of hydrogen-bond donors (Lipinski definition) is 1. The first-order chi connectivity index (χ1) is 7.58. The highest BCUT2D eigenvalue weighted by Gasteiger charge is 2.11. The summed E-state index contributed by atoms with van der Waals surface area (Å²) in [6.07, 6.45) is 0.488. The number of ketones is 1. The lowest BCUT2D eigenvalue weighted by molar-refractivity contribution is 0.0985. The second-order valence-corrected chi connectivity index (χ2v) is 3.99. The van der Waals surface area contributed by atoms with Gasteiger partial charge in [-0.05, 0) is 32.0 Å². The maximum absolute atomic E-state index is 11.7. The fourth-order valence-electron chi connectivity index (χ4n) is 1.54. The van der Waals surface area contributed by atoms with E-state index < -0.39 is 0 Å². The van der Waals surface area contributed by atoms with Crippen LogP contribution in [0.4, 0.5) is 5.69 Å². The Bertz CT molecular complexity index is 372. The van der Waals surface area contributed by atoms with Gasteiger partial charge in [-0.25, -0.2) is 0 Å². The molecule has 0 unspecified atom stereocenters. The highest BCUT2D eigenvalue weighted by atomic mass is 16.5. The molecule has 0 atom stereocenters. The van der Waals surface area contributed by atoms with Gasteiger partial charge in [-0.3, -0.25) is 4.79 Å². The zero-order valence-corrected chi connectivity index (χ0v) is 10.3. The van der Waals surface area contributed by atoms with E-state index in [1.54, 1.807) is 7.11 Å². The Morgan fingerprint density at radius 2 is 2.12 bits per heavy atom. The molecule has 0 fully saturated rings. The number of methoxy groups -OCH3 is 1. The summed E-state index contributed by atoms with van der Waals surface area (Å²) in [5, 5.41) is 3.27. The number of ether oxygens (including phenoxy) is 1. The van der Waals surface area contributed by atoms with Gasteiger partial charge in [-0.15, -0.1) is 0 Å². The summed E-state index contributed by atoms with van der Waals surface area (Å²) in [5.41, 5.74) is 1.60. The van der Waals surface area contributed by atoms with E-state index in [9.17, 15) is 4.79 Å². The van der Waals surface area contributed by atoms with Crippen molar-refractivity contribution in [2.24, 2.45) is 0 Å². The summed E-state index contributed by atoms with van der Waals surface area (Å²) in [4.78, 5) is 11.7. The van der Waals surface area contributed by atoms with Crippen LogP contribution in [-0.2, 0) is 0 Å². The van der Waals surface area contributed by atoms with Gasteiger partial charge in [0.15, 0.2) is 5.78 Å². The number of anilines is 1. The van der Waals surface area contributed by atoms with Crippen LogP contribution in [0.1, 0.15) is 37.6 Å². The van der Waals surface area contributed by atoms with Crippen LogP contribution in [0.15, 0.2) is 18.2 Å². The number of carbonyl (C=O) groups is 1. The number of hydrogen-bond acceptors (Lipinski definition) is 3. The van der Waals surface area contributed by atoms with Gasteiger partial charge >= 0.3 is 0 Å². The van der Waals surface area contributed by atoms with Crippen molar-refractivity contribution in [2.45, 2.75) is 33.2 Å². The lowest BCUT2D eigenvalue weighted by Crippen LogP contribution is -2.10. The van der Waals surface area contributed by atoms with Gasteiger partial charge in [0, 0.05) is 18.2 Å². The topological polar surface area (TPSA) is 38.3 Å². The maximum atomic E-state index is 11.7. The maximum Gasteiger partial charge on any atom is 0.166 e. The molecule has 1 aromatic rings. The summed E-state index contributed by atoms with van der Waals surface area (Å²) >= 11 is 0. The van der Waals surface area contributed by atoms with E-state index in [2.05, 4.69) is 19.2 Å². The molecule has 0 aliphatic carbocycles. The molecular weight excluding hydrogens is 202 g/mol. The van der Waals surface area contributed by atoms with Crippen LogP contribution in [0.3, 0.4) is 0 Å². The fourth-order valence-corrected chi connectivity index (χ4v) is 1.54. The number of nitrogens with one attached hydrogen (secondary N) is 1. The van der Waals surface area contributed by atoms with Gasteiger partial charge in [-0.1, -0.05) is 6.92 Å². The molecule has 0 heterocycles. The third-order valence-electron chi connectivity index (χ3n) is 2.28. The molecule has 1 aromatic carbocycles. The predicted molar refractivity (Wildman–Crippen MR) is 66.4 cm³/mol. The highest BCUT2D eigenvalue weighted by Crippen LogP contribution is 2.24. The van der Waals surface area contributed by atoms with Crippen molar-refractivity contribution >= 4 is 11.5 Å². The Balaban J connectivity index is 3.06. The lowest BCUT2D eigenvalue weighted by Gasteiger charge is -2.13. The second kappa shape index (κ2) is 5.54. The summed E-state index contributed by atoms with van der Waals surface area (Å²) in [6, 6.07) is 5.95. The van der Waals surface area contributed by atoms with Gasteiger partial charge in [0.25, 0.3) is 0 Å². The van der Waals surface area contributed by atoms with Crippen LogP contribution in [-0.4, -0.2) is 18.9 Å². The summed E-state index contributed by atoms with van der Waals surface area (Å²) in [5.74, 6) is 0.741. The highest BCUT2D eigenvalue weighted by molar-refractivity contribution is 5.99. The Morgan fingerprint density at radius 3 is 2.62 bits per heavy atom. The molecule has 0 aliphatic rings. The first kappa shape index (κ1) is 12.6. The van der Waals surface area contributed by atoms with Crippen molar-refractivity contribution in [3.05, 3.63) is 23.8 Å². The van der Waals surface area contributed by atoms with Crippen molar-refractivity contribution < 1.29 is 9.53 Å². The summed E-state index contributed by atoms with van der Waals surface area (Å²) in [6.45, 7) is 5.97. The van der Waals surface area contributed by atoms with Crippen LogP contribution in [0.5, 0.6) is 5.75 Å². The molecule has 16 heavy (non-hydrogen) atoms. The molecule has 0 bridgehead atoms. The van der Waals surface area contributed by atoms with Crippen LogP contribution >= 0.6 is 0 Å². The Hall–Kier alpha value is -1.51. The molecule has 1 rings (SSSR count). The Labute approximate surface area is 96.8 Å². The van der Waals surface area contributed by atoms with E-state index in [1.807, 2.05) is 25.1 Å². The normalized spacial score (nSPS) is 10.3. The molecule has 3 nitrogen and oxygen atoms in total. The van der Waals surface area contributed by atoms with E-state index in [0.717, 1.165) is 5.69 Å². The molecule has 1 N–H and O–H groups in total. The molecular formula is C13H19NO2. The number of carbonyl (C=O) groups excluding carboxylic acids is 1. The van der Waals surface area contributed by atoms with Gasteiger partial charge < -0.3 is 10.1 Å². The molecule has 0 radical (unpaired) electrons. The number of rotatable bonds is 5. The molecule has 0 saturated carbocycles. The Kier molecular flexibility index (Phi) is 4.35. The third kappa shape index (κ3) is 2.99. The minimum absolute atomic E-state index is 0.101. The van der Waals surface area contributed by atoms with E-state index in [0.29, 0.717) is 23.8 Å². The lowest BCUT2D eigenvalue weighted by atomic mass is 10.1. The quantitative estimate of drug-likeness (QED) is 0.776. The average molecular weight is 221 g/mol. The van der Waals surface area contributed by atoms with Gasteiger partial charge in [0.2, 0.25) is 0 Å². The minimum Gasteiger partial charge on any atom is -0.496 e. The molecule has 3 heteroatoms. The van der Waals surface area contributed by atoms with Crippen molar-refractivity contribution in [1.29, 1.82) is 0 Å².